The maximum Gasteiger partial charge on any atom is 0.282 e. The average molecular weight is 241 g/mol. The lowest BCUT2D eigenvalue weighted by atomic mass is 9.86. The minimum atomic E-state index is -2.58. The van der Waals surface area contributed by atoms with Gasteiger partial charge in [0.15, 0.2) is 5.82 Å². The monoisotopic (exact) mass is 241 g/mol. The number of rotatable bonds is 1. The van der Waals surface area contributed by atoms with Crippen molar-refractivity contribution in [3.8, 4) is 0 Å². The largest absolute Gasteiger partial charge is 0.343 e. The van der Waals surface area contributed by atoms with E-state index in [-0.39, 0.29) is 18.5 Å². The summed E-state index contributed by atoms with van der Waals surface area (Å²) in [5.74, 6) is -1.99. The highest BCUT2D eigenvalue weighted by Crippen LogP contribution is 2.36. The maximum absolute atomic E-state index is 12.9. The Labute approximate surface area is 99.8 Å². The fourth-order valence-electron chi connectivity index (χ4n) is 1.93. The SMILES string of the molecule is Cc1cc(C(C)(C)C)c(N2CC(F)(F)C2)nn1. The van der Waals surface area contributed by atoms with Gasteiger partial charge in [0, 0.05) is 5.56 Å². The van der Waals surface area contributed by atoms with Crippen LogP contribution in [0.1, 0.15) is 32.0 Å². The summed E-state index contributed by atoms with van der Waals surface area (Å²) in [6.45, 7) is 7.49. The third kappa shape index (κ3) is 2.37. The summed E-state index contributed by atoms with van der Waals surface area (Å²) in [5.41, 5.74) is 1.66. The molecule has 0 unspecified atom stereocenters. The van der Waals surface area contributed by atoms with Crippen molar-refractivity contribution < 1.29 is 8.78 Å². The van der Waals surface area contributed by atoms with Crippen molar-refractivity contribution in [1.29, 1.82) is 0 Å². The van der Waals surface area contributed by atoms with E-state index in [0.29, 0.717) is 5.82 Å². The molecule has 5 heteroatoms. The number of hydrogen-bond donors (Lipinski definition) is 0. The molecular formula is C12H17F2N3. The lowest BCUT2D eigenvalue weighted by molar-refractivity contribution is -0.0269. The van der Waals surface area contributed by atoms with E-state index in [0.717, 1.165) is 11.3 Å². The van der Waals surface area contributed by atoms with E-state index >= 15 is 0 Å². The maximum atomic E-state index is 12.9. The Morgan fingerprint density at radius 2 is 1.82 bits per heavy atom. The smallest absolute Gasteiger partial charge is 0.282 e. The van der Waals surface area contributed by atoms with E-state index in [2.05, 4.69) is 10.2 Å². The summed E-state index contributed by atoms with van der Waals surface area (Å²) < 4.78 is 25.8. The van der Waals surface area contributed by atoms with Gasteiger partial charge in [-0.05, 0) is 18.4 Å². The topological polar surface area (TPSA) is 29.0 Å². The number of halogens is 2. The van der Waals surface area contributed by atoms with Crippen LogP contribution >= 0.6 is 0 Å². The van der Waals surface area contributed by atoms with Crippen molar-refractivity contribution in [2.24, 2.45) is 0 Å². The first kappa shape index (κ1) is 12.2. The van der Waals surface area contributed by atoms with E-state index in [1.165, 1.54) is 0 Å². The molecule has 0 saturated carbocycles. The van der Waals surface area contributed by atoms with Crippen LogP contribution in [0.4, 0.5) is 14.6 Å². The van der Waals surface area contributed by atoms with Gasteiger partial charge < -0.3 is 4.90 Å². The second kappa shape index (κ2) is 3.62. The van der Waals surface area contributed by atoms with Crippen molar-refractivity contribution in [2.75, 3.05) is 18.0 Å². The van der Waals surface area contributed by atoms with Crippen LogP contribution in [0.15, 0.2) is 6.07 Å². The predicted octanol–water partition coefficient (Wildman–Crippen LogP) is 2.54. The van der Waals surface area contributed by atoms with E-state index in [4.69, 9.17) is 0 Å². The Hall–Kier alpha value is -1.26. The van der Waals surface area contributed by atoms with Gasteiger partial charge in [-0.3, -0.25) is 0 Å². The number of aryl methyl sites for hydroxylation is 1. The Kier molecular flexibility index (Phi) is 2.60. The molecule has 0 aliphatic carbocycles. The molecule has 17 heavy (non-hydrogen) atoms. The summed E-state index contributed by atoms with van der Waals surface area (Å²) in [6.07, 6.45) is 0. The second-order valence-electron chi connectivity index (χ2n) is 5.69. The van der Waals surface area contributed by atoms with E-state index in [1.807, 2.05) is 33.8 Å². The normalized spacial score (nSPS) is 19.1. The van der Waals surface area contributed by atoms with E-state index < -0.39 is 5.92 Å². The molecular weight excluding hydrogens is 224 g/mol. The van der Waals surface area contributed by atoms with Gasteiger partial charge in [0.2, 0.25) is 0 Å². The van der Waals surface area contributed by atoms with Crippen LogP contribution in [0.5, 0.6) is 0 Å². The predicted molar refractivity (Wildman–Crippen MR) is 62.6 cm³/mol. The molecule has 0 spiro atoms. The fraction of sp³-hybridized carbons (Fsp3) is 0.667. The molecule has 2 rings (SSSR count). The molecule has 0 amide bonds. The van der Waals surface area contributed by atoms with Crippen LogP contribution in [-0.2, 0) is 5.41 Å². The van der Waals surface area contributed by atoms with Crippen LogP contribution in [-0.4, -0.2) is 29.2 Å². The first-order valence-corrected chi connectivity index (χ1v) is 5.67. The Morgan fingerprint density at radius 1 is 1.24 bits per heavy atom. The molecule has 0 N–H and O–H groups in total. The molecule has 3 nitrogen and oxygen atoms in total. The molecule has 0 bridgehead atoms. The molecule has 1 saturated heterocycles. The van der Waals surface area contributed by atoms with Gasteiger partial charge in [0.25, 0.3) is 5.92 Å². The second-order valence-corrected chi connectivity index (χ2v) is 5.69. The van der Waals surface area contributed by atoms with E-state index in [9.17, 15) is 8.78 Å². The summed E-state index contributed by atoms with van der Waals surface area (Å²) in [4.78, 5) is 1.59. The summed E-state index contributed by atoms with van der Waals surface area (Å²) >= 11 is 0. The highest BCUT2D eigenvalue weighted by atomic mass is 19.3. The molecule has 1 fully saturated rings. The summed E-state index contributed by atoms with van der Waals surface area (Å²) in [7, 11) is 0. The van der Waals surface area contributed by atoms with Crippen LogP contribution < -0.4 is 4.90 Å². The first-order chi connectivity index (χ1) is 7.69. The molecule has 1 aliphatic rings. The molecule has 0 atom stereocenters. The molecule has 94 valence electrons. The van der Waals surface area contributed by atoms with Crippen molar-refractivity contribution in [3.05, 3.63) is 17.3 Å². The summed E-state index contributed by atoms with van der Waals surface area (Å²) in [5, 5.41) is 8.04. The van der Waals surface area contributed by atoms with Gasteiger partial charge in [-0.2, -0.15) is 5.10 Å². The third-order valence-corrected chi connectivity index (χ3v) is 2.85. The van der Waals surface area contributed by atoms with Crippen LogP contribution in [0.3, 0.4) is 0 Å². The number of aromatic nitrogens is 2. The van der Waals surface area contributed by atoms with Gasteiger partial charge >= 0.3 is 0 Å². The van der Waals surface area contributed by atoms with Gasteiger partial charge in [0.1, 0.15) is 0 Å². The van der Waals surface area contributed by atoms with Gasteiger partial charge in [0.05, 0.1) is 18.8 Å². The Balaban J connectivity index is 2.35. The minimum absolute atomic E-state index is 0.124. The fourth-order valence-corrected chi connectivity index (χ4v) is 1.93. The number of nitrogens with zero attached hydrogens (tertiary/aromatic N) is 3. The van der Waals surface area contributed by atoms with E-state index in [1.54, 1.807) is 4.90 Å². The van der Waals surface area contributed by atoms with Crippen molar-refractivity contribution in [1.82, 2.24) is 10.2 Å². The molecule has 0 aromatic carbocycles. The lowest BCUT2D eigenvalue weighted by Crippen LogP contribution is -2.57. The molecule has 0 radical (unpaired) electrons. The Bertz CT molecular complexity index is 430. The number of alkyl halides is 2. The first-order valence-electron chi connectivity index (χ1n) is 5.67. The zero-order valence-corrected chi connectivity index (χ0v) is 10.6. The van der Waals surface area contributed by atoms with Crippen LogP contribution in [0.25, 0.3) is 0 Å². The minimum Gasteiger partial charge on any atom is -0.343 e. The zero-order chi connectivity index (χ0) is 12.8. The van der Waals surface area contributed by atoms with Crippen molar-refractivity contribution >= 4 is 5.82 Å². The average Bonchev–Trinajstić information content (AvgIpc) is 2.12. The highest BCUT2D eigenvalue weighted by molar-refractivity contribution is 5.52. The molecule has 1 aromatic heterocycles. The molecule has 1 aromatic rings. The van der Waals surface area contributed by atoms with Crippen molar-refractivity contribution in [3.63, 3.8) is 0 Å². The van der Waals surface area contributed by atoms with Crippen molar-refractivity contribution in [2.45, 2.75) is 39.0 Å². The zero-order valence-electron chi connectivity index (χ0n) is 10.6. The standard InChI is InChI=1S/C12H17F2N3/c1-8-5-9(11(2,3)4)10(16-15-8)17-6-12(13,14)7-17/h5H,6-7H2,1-4H3. The van der Waals surface area contributed by atoms with Crippen LogP contribution in [0.2, 0.25) is 0 Å². The van der Waals surface area contributed by atoms with Gasteiger partial charge in [-0.15, -0.1) is 5.10 Å². The lowest BCUT2D eigenvalue weighted by Gasteiger charge is -2.41. The quantitative estimate of drug-likeness (QED) is 0.756. The van der Waals surface area contributed by atoms with Gasteiger partial charge in [-0.1, -0.05) is 20.8 Å². The number of hydrogen-bond acceptors (Lipinski definition) is 3. The number of anilines is 1. The molecule has 2 heterocycles. The van der Waals surface area contributed by atoms with Crippen LogP contribution in [0, 0.1) is 6.92 Å². The Morgan fingerprint density at radius 3 is 2.29 bits per heavy atom. The third-order valence-electron chi connectivity index (χ3n) is 2.85. The van der Waals surface area contributed by atoms with Gasteiger partial charge in [-0.25, -0.2) is 8.78 Å². The highest BCUT2D eigenvalue weighted by Gasteiger charge is 2.45. The summed E-state index contributed by atoms with van der Waals surface area (Å²) in [6, 6.07) is 1.93. The molecule has 1 aliphatic heterocycles.